The van der Waals surface area contributed by atoms with E-state index in [1.54, 1.807) is 36.4 Å². The van der Waals surface area contributed by atoms with E-state index < -0.39 is 11.9 Å². The van der Waals surface area contributed by atoms with Gasteiger partial charge in [-0.05, 0) is 11.1 Å². The van der Waals surface area contributed by atoms with Crippen LogP contribution in [0.25, 0.3) is 0 Å². The largest absolute Gasteiger partial charge is 0.545 e. The first-order chi connectivity index (χ1) is 8.61. The Hall–Kier alpha value is -1.88. The molecule has 103 valence electrons. The summed E-state index contributed by atoms with van der Waals surface area (Å²) < 4.78 is 0. The van der Waals surface area contributed by atoms with Crippen LogP contribution in [0.2, 0.25) is 0 Å². The Bertz CT molecular complexity index is 462. The number of rotatable bonds is 2. The predicted molar refractivity (Wildman–Crippen MR) is 61.5 cm³/mol. The average molecular weight is 350 g/mol. The van der Waals surface area contributed by atoms with Crippen molar-refractivity contribution in [2.45, 2.75) is 0 Å². The van der Waals surface area contributed by atoms with E-state index in [2.05, 4.69) is 0 Å². The van der Waals surface area contributed by atoms with Gasteiger partial charge in [0.2, 0.25) is 0 Å². The topological polar surface area (TPSA) is 80.3 Å². The van der Waals surface area contributed by atoms with Gasteiger partial charge in [0.25, 0.3) is 0 Å². The Morgan fingerprint density at radius 3 is 1.05 bits per heavy atom. The summed E-state index contributed by atoms with van der Waals surface area (Å²) in [5.74, 6) is -2.26. The number of hydrogen-bond donors (Lipinski definition) is 0. The van der Waals surface area contributed by atoms with Crippen LogP contribution in [0.15, 0.2) is 60.7 Å². The van der Waals surface area contributed by atoms with E-state index in [0.717, 1.165) is 0 Å². The molecule has 0 spiro atoms. The van der Waals surface area contributed by atoms with E-state index in [-0.39, 0.29) is 33.5 Å². The fraction of sp³-hybridized carbons (Fsp3) is 0. The molecule has 0 atom stereocenters. The van der Waals surface area contributed by atoms with Gasteiger partial charge in [-0.2, -0.15) is 0 Å². The minimum absolute atomic E-state index is 0. The molecule has 0 saturated heterocycles. The first kappa shape index (κ1) is 17.1. The molecule has 0 unspecified atom stereocenters. The van der Waals surface area contributed by atoms with E-state index >= 15 is 0 Å². The van der Waals surface area contributed by atoms with Crippen molar-refractivity contribution >= 4 is 11.9 Å². The summed E-state index contributed by atoms with van der Waals surface area (Å²) in [5.41, 5.74) is 0.440. The zero-order valence-electron chi connectivity index (χ0n) is 9.71. The second-order valence-corrected chi connectivity index (χ2v) is 3.31. The number of carbonyl (C=O) groups excluding carboxylic acids is 2. The molecule has 5 heteroatoms. The molecule has 4 nitrogen and oxygen atoms in total. The van der Waals surface area contributed by atoms with Crippen molar-refractivity contribution in [1.29, 1.82) is 0 Å². The summed E-state index contributed by atoms with van der Waals surface area (Å²) >= 11 is 0. The molecule has 0 aliphatic carbocycles. The first-order valence-electron chi connectivity index (χ1n) is 5.14. The summed E-state index contributed by atoms with van der Waals surface area (Å²) in [6.07, 6.45) is 0. The second-order valence-electron chi connectivity index (χ2n) is 3.31. The van der Waals surface area contributed by atoms with E-state index in [4.69, 9.17) is 0 Å². The minimum atomic E-state index is -1.13. The van der Waals surface area contributed by atoms with Gasteiger partial charge < -0.3 is 19.8 Å². The van der Waals surface area contributed by atoms with Crippen LogP contribution < -0.4 is 10.2 Å². The standard InChI is InChI=1S/2C7H6O2.Ag/c2*8-7(9)6-4-2-1-3-5-6;/h2*1-5H,(H,8,9);/p-2. The summed E-state index contributed by atoms with van der Waals surface area (Å²) in [4.78, 5) is 20.2. The Balaban J connectivity index is 0.000000324. The number of aromatic carboxylic acids is 2. The van der Waals surface area contributed by atoms with Crippen molar-refractivity contribution in [3.8, 4) is 0 Å². The molecule has 0 aromatic heterocycles. The second kappa shape index (κ2) is 9.10. The van der Waals surface area contributed by atoms with Gasteiger partial charge in [-0.1, -0.05) is 60.7 Å². The molecule has 0 heterocycles. The summed E-state index contributed by atoms with van der Waals surface area (Å²) in [6, 6.07) is 16.1. The zero-order chi connectivity index (χ0) is 13.4. The number of carboxylic acid groups (broad SMARTS) is 2. The van der Waals surface area contributed by atoms with E-state index in [1.165, 1.54) is 24.3 Å². The number of carbonyl (C=O) groups is 2. The first-order valence-corrected chi connectivity index (χ1v) is 5.14. The van der Waals surface area contributed by atoms with Crippen molar-refractivity contribution in [1.82, 2.24) is 0 Å². The summed E-state index contributed by atoms with van der Waals surface area (Å²) in [6.45, 7) is 0. The van der Waals surface area contributed by atoms with Crippen molar-refractivity contribution in [3.63, 3.8) is 0 Å². The smallest absolute Gasteiger partial charge is 0.0715 e. The van der Waals surface area contributed by atoms with Crippen LogP contribution in [0, 0.1) is 0 Å². The van der Waals surface area contributed by atoms with E-state index in [1.807, 2.05) is 0 Å². The van der Waals surface area contributed by atoms with Crippen molar-refractivity contribution in [2.24, 2.45) is 0 Å². The maximum atomic E-state index is 10.1. The Kier molecular flexibility index (Phi) is 8.20. The van der Waals surface area contributed by atoms with E-state index in [9.17, 15) is 19.8 Å². The predicted octanol–water partition coefficient (Wildman–Crippen LogP) is 0.0977. The molecule has 0 saturated carbocycles. The van der Waals surface area contributed by atoms with Gasteiger partial charge in [0.05, 0.1) is 11.9 Å². The fourth-order valence-electron chi connectivity index (χ4n) is 1.15. The van der Waals surface area contributed by atoms with Crippen LogP contribution in [-0.2, 0) is 22.4 Å². The van der Waals surface area contributed by atoms with Gasteiger partial charge in [-0.3, -0.25) is 0 Å². The molecular weight excluding hydrogens is 340 g/mol. The number of hydrogen-bond acceptors (Lipinski definition) is 4. The maximum Gasteiger partial charge on any atom is 0.0715 e. The third-order valence-corrected chi connectivity index (χ3v) is 2.02. The van der Waals surface area contributed by atoms with Gasteiger partial charge in [-0.15, -0.1) is 0 Å². The summed E-state index contributed by atoms with van der Waals surface area (Å²) in [5, 5.41) is 20.2. The van der Waals surface area contributed by atoms with Gasteiger partial charge in [0.15, 0.2) is 0 Å². The molecule has 2 aromatic carbocycles. The summed E-state index contributed by atoms with van der Waals surface area (Å²) in [7, 11) is 0. The fourth-order valence-corrected chi connectivity index (χ4v) is 1.15. The molecule has 2 aromatic rings. The molecule has 0 fully saturated rings. The Labute approximate surface area is 126 Å². The molecule has 0 amide bonds. The Morgan fingerprint density at radius 2 is 0.895 bits per heavy atom. The molecular formula is C14H10AgO4-2. The van der Waals surface area contributed by atoms with Crippen LogP contribution >= 0.6 is 0 Å². The van der Waals surface area contributed by atoms with Crippen LogP contribution in [-0.4, -0.2) is 11.9 Å². The molecule has 0 aliphatic heterocycles. The van der Waals surface area contributed by atoms with Gasteiger partial charge in [-0.25, -0.2) is 0 Å². The third kappa shape index (κ3) is 6.57. The quantitative estimate of drug-likeness (QED) is 0.720. The minimum Gasteiger partial charge on any atom is -0.545 e. The van der Waals surface area contributed by atoms with E-state index in [0.29, 0.717) is 0 Å². The molecule has 1 radical (unpaired) electrons. The Morgan fingerprint density at radius 1 is 0.632 bits per heavy atom. The van der Waals surface area contributed by atoms with Crippen LogP contribution in [0.5, 0.6) is 0 Å². The molecule has 19 heavy (non-hydrogen) atoms. The third-order valence-electron chi connectivity index (χ3n) is 2.02. The normalized spacial score (nSPS) is 8.42. The monoisotopic (exact) mass is 349 g/mol. The molecule has 0 aliphatic rings. The van der Waals surface area contributed by atoms with Crippen molar-refractivity contribution in [2.75, 3.05) is 0 Å². The van der Waals surface area contributed by atoms with Gasteiger partial charge >= 0.3 is 0 Å². The number of carboxylic acids is 2. The van der Waals surface area contributed by atoms with Crippen LogP contribution in [0.3, 0.4) is 0 Å². The molecule has 0 bridgehead atoms. The average Bonchev–Trinajstić information content (AvgIpc) is 2.41. The van der Waals surface area contributed by atoms with Crippen molar-refractivity contribution in [3.05, 3.63) is 71.8 Å². The number of benzene rings is 2. The maximum absolute atomic E-state index is 10.1. The van der Waals surface area contributed by atoms with Crippen LogP contribution in [0.4, 0.5) is 0 Å². The zero-order valence-corrected chi connectivity index (χ0v) is 11.2. The van der Waals surface area contributed by atoms with Crippen molar-refractivity contribution < 1.29 is 42.2 Å². The van der Waals surface area contributed by atoms with Gasteiger partial charge in [0, 0.05) is 22.4 Å². The SMILES string of the molecule is O=C([O-])c1ccccc1.O=C([O-])c1ccccc1.[Ag]. The van der Waals surface area contributed by atoms with Gasteiger partial charge in [0.1, 0.15) is 0 Å². The molecule has 2 rings (SSSR count). The van der Waals surface area contributed by atoms with Crippen LogP contribution in [0.1, 0.15) is 20.7 Å². The molecule has 0 N–H and O–H groups in total.